The van der Waals surface area contributed by atoms with Gasteiger partial charge in [0.25, 0.3) is 0 Å². The minimum Gasteiger partial charge on any atom is -0.327 e. The highest BCUT2D eigenvalue weighted by Gasteiger charge is 2.23. The van der Waals surface area contributed by atoms with Crippen LogP contribution in [-0.2, 0) is 0 Å². The summed E-state index contributed by atoms with van der Waals surface area (Å²) < 4.78 is 0. The van der Waals surface area contributed by atoms with Crippen LogP contribution in [0.25, 0.3) is 0 Å². The van der Waals surface area contributed by atoms with Crippen LogP contribution in [0.4, 0.5) is 0 Å². The molecule has 1 aliphatic carbocycles. The molecule has 0 saturated heterocycles. The fraction of sp³-hybridized carbons (Fsp3) is 0.846. The minimum absolute atomic E-state index is 0.399. The van der Waals surface area contributed by atoms with Gasteiger partial charge in [0.05, 0.1) is 6.54 Å². The molecule has 0 aliphatic heterocycles. The van der Waals surface area contributed by atoms with Crippen molar-refractivity contribution in [3.63, 3.8) is 0 Å². The van der Waals surface area contributed by atoms with E-state index in [1.54, 1.807) is 0 Å². The molecule has 2 unspecified atom stereocenters. The Balaban J connectivity index is 2.38. The van der Waals surface area contributed by atoms with E-state index in [2.05, 4.69) is 17.7 Å². The Labute approximate surface area is 94.2 Å². The summed E-state index contributed by atoms with van der Waals surface area (Å²) in [5.41, 5.74) is 6.14. The Hall–Kier alpha value is -0.520. The molecule has 0 bridgehead atoms. The van der Waals surface area contributed by atoms with Crippen molar-refractivity contribution in [3.8, 4) is 12.3 Å². The van der Waals surface area contributed by atoms with Crippen LogP contribution in [0, 0.1) is 18.3 Å². The van der Waals surface area contributed by atoms with E-state index in [1.807, 2.05) is 0 Å². The van der Waals surface area contributed by atoms with Gasteiger partial charge in [0.2, 0.25) is 0 Å². The fourth-order valence-corrected chi connectivity index (χ4v) is 2.47. The maximum Gasteiger partial charge on any atom is 0.0599 e. The van der Waals surface area contributed by atoms with Gasteiger partial charge in [0.15, 0.2) is 0 Å². The van der Waals surface area contributed by atoms with Gasteiger partial charge in [-0.25, -0.2) is 0 Å². The summed E-state index contributed by atoms with van der Waals surface area (Å²) in [6, 6.07) is 0.399. The summed E-state index contributed by atoms with van der Waals surface area (Å²) in [5, 5.41) is 0. The van der Waals surface area contributed by atoms with Crippen molar-refractivity contribution in [3.05, 3.63) is 0 Å². The third-order valence-electron chi connectivity index (χ3n) is 3.32. The SMILES string of the molecule is C#CCN(CCC)CC1CCCCC1N. The quantitative estimate of drug-likeness (QED) is 0.699. The molecule has 86 valence electrons. The molecule has 15 heavy (non-hydrogen) atoms. The Bertz CT molecular complexity index is 207. The number of hydrogen-bond acceptors (Lipinski definition) is 2. The highest BCUT2D eigenvalue weighted by molar-refractivity contribution is 4.90. The number of hydrogen-bond donors (Lipinski definition) is 1. The van der Waals surface area contributed by atoms with E-state index in [4.69, 9.17) is 12.2 Å². The van der Waals surface area contributed by atoms with Gasteiger partial charge < -0.3 is 5.73 Å². The minimum atomic E-state index is 0.399. The first kappa shape index (κ1) is 12.5. The van der Waals surface area contributed by atoms with E-state index in [1.165, 1.54) is 32.1 Å². The summed E-state index contributed by atoms with van der Waals surface area (Å²) >= 11 is 0. The fourth-order valence-electron chi connectivity index (χ4n) is 2.47. The van der Waals surface area contributed by atoms with E-state index in [0.29, 0.717) is 12.0 Å². The second-order valence-electron chi connectivity index (χ2n) is 4.65. The van der Waals surface area contributed by atoms with Gasteiger partial charge >= 0.3 is 0 Å². The lowest BCUT2D eigenvalue weighted by molar-refractivity contribution is 0.199. The predicted octanol–water partition coefficient (Wildman–Crippen LogP) is 1.85. The average molecular weight is 208 g/mol. The monoisotopic (exact) mass is 208 g/mol. The highest BCUT2D eigenvalue weighted by atomic mass is 15.1. The summed E-state index contributed by atoms with van der Waals surface area (Å²) in [5.74, 6) is 3.41. The molecule has 2 nitrogen and oxygen atoms in total. The Morgan fingerprint density at radius 3 is 2.73 bits per heavy atom. The van der Waals surface area contributed by atoms with Crippen LogP contribution in [0.5, 0.6) is 0 Å². The van der Waals surface area contributed by atoms with Crippen molar-refractivity contribution in [1.82, 2.24) is 4.90 Å². The van der Waals surface area contributed by atoms with E-state index in [-0.39, 0.29) is 0 Å². The first-order valence-corrected chi connectivity index (χ1v) is 6.19. The number of rotatable bonds is 5. The lowest BCUT2D eigenvalue weighted by atomic mass is 9.84. The second kappa shape index (κ2) is 6.87. The van der Waals surface area contributed by atoms with Crippen LogP contribution in [0.2, 0.25) is 0 Å². The molecule has 0 heterocycles. The molecule has 1 saturated carbocycles. The zero-order valence-electron chi connectivity index (χ0n) is 9.91. The van der Waals surface area contributed by atoms with Gasteiger partial charge in [-0.1, -0.05) is 25.7 Å². The van der Waals surface area contributed by atoms with E-state index < -0.39 is 0 Å². The smallest absolute Gasteiger partial charge is 0.0599 e. The number of nitrogens with zero attached hydrogens (tertiary/aromatic N) is 1. The van der Waals surface area contributed by atoms with Crippen molar-refractivity contribution in [2.45, 2.75) is 45.1 Å². The lowest BCUT2D eigenvalue weighted by Crippen LogP contribution is -2.41. The molecule has 2 heteroatoms. The highest BCUT2D eigenvalue weighted by Crippen LogP contribution is 2.23. The van der Waals surface area contributed by atoms with E-state index >= 15 is 0 Å². The van der Waals surface area contributed by atoms with Crippen molar-refractivity contribution in [2.24, 2.45) is 11.7 Å². The van der Waals surface area contributed by atoms with Gasteiger partial charge in [0.1, 0.15) is 0 Å². The first-order chi connectivity index (χ1) is 7.27. The standard InChI is InChI=1S/C13H24N2/c1-3-9-15(10-4-2)11-12-7-5-6-8-13(12)14/h1,12-13H,4-11,14H2,2H3. The molecule has 0 amide bonds. The van der Waals surface area contributed by atoms with Crippen molar-refractivity contribution < 1.29 is 0 Å². The van der Waals surface area contributed by atoms with Crippen LogP contribution in [0.3, 0.4) is 0 Å². The van der Waals surface area contributed by atoms with Gasteiger partial charge in [-0.3, -0.25) is 4.90 Å². The average Bonchev–Trinajstić information content (AvgIpc) is 2.22. The van der Waals surface area contributed by atoms with Gasteiger partial charge in [-0.05, 0) is 31.7 Å². The molecule has 2 atom stereocenters. The molecule has 0 spiro atoms. The van der Waals surface area contributed by atoms with Crippen molar-refractivity contribution >= 4 is 0 Å². The zero-order chi connectivity index (χ0) is 11.1. The van der Waals surface area contributed by atoms with E-state index in [9.17, 15) is 0 Å². The Morgan fingerprint density at radius 2 is 2.13 bits per heavy atom. The lowest BCUT2D eigenvalue weighted by Gasteiger charge is -2.32. The van der Waals surface area contributed by atoms with Crippen LogP contribution in [0.15, 0.2) is 0 Å². The van der Waals surface area contributed by atoms with Crippen molar-refractivity contribution in [2.75, 3.05) is 19.6 Å². The Kier molecular flexibility index (Phi) is 5.75. The summed E-state index contributed by atoms with van der Waals surface area (Å²) in [6.07, 6.45) is 11.7. The number of terminal acetylenes is 1. The molecule has 2 N–H and O–H groups in total. The van der Waals surface area contributed by atoms with Crippen LogP contribution in [-0.4, -0.2) is 30.6 Å². The van der Waals surface area contributed by atoms with Crippen LogP contribution < -0.4 is 5.73 Å². The molecule has 0 aromatic carbocycles. The summed E-state index contributed by atoms with van der Waals surface area (Å²) in [4.78, 5) is 2.37. The molecule has 0 aromatic rings. The molecule has 1 rings (SSSR count). The molecule has 1 fully saturated rings. The molecular weight excluding hydrogens is 184 g/mol. The molecule has 1 aliphatic rings. The van der Waals surface area contributed by atoms with Gasteiger partial charge in [-0.15, -0.1) is 6.42 Å². The largest absolute Gasteiger partial charge is 0.327 e. The summed E-state index contributed by atoms with van der Waals surface area (Å²) in [7, 11) is 0. The molecule has 0 aromatic heterocycles. The molecular formula is C13H24N2. The van der Waals surface area contributed by atoms with E-state index in [0.717, 1.165) is 19.6 Å². The predicted molar refractivity (Wildman–Crippen MR) is 65.5 cm³/mol. The van der Waals surface area contributed by atoms with Crippen LogP contribution >= 0.6 is 0 Å². The van der Waals surface area contributed by atoms with Gasteiger partial charge in [0, 0.05) is 12.6 Å². The second-order valence-corrected chi connectivity index (χ2v) is 4.65. The topological polar surface area (TPSA) is 29.3 Å². The first-order valence-electron chi connectivity index (χ1n) is 6.19. The summed E-state index contributed by atoms with van der Waals surface area (Å²) in [6.45, 7) is 5.17. The molecule has 0 radical (unpaired) electrons. The third kappa shape index (κ3) is 4.24. The van der Waals surface area contributed by atoms with Gasteiger partial charge in [-0.2, -0.15) is 0 Å². The zero-order valence-corrected chi connectivity index (χ0v) is 9.91. The van der Waals surface area contributed by atoms with Crippen molar-refractivity contribution in [1.29, 1.82) is 0 Å². The maximum absolute atomic E-state index is 6.14. The normalized spacial score (nSPS) is 26.5. The maximum atomic E-state index is 6.14. The number of nitrogens with two attached hydrogens (primary N) is 1. The van der Waals surface area contributed by atoms with Crippen LogP contribution in [0.1, 0.15) is 39.0 Å². The third-order valence-corrected chi connectivity index (χ3v) is 3.32. The Morgan fingerprint density at radius 1 is 1.40 bits per heavy atom.